The number of hydrogen-bond donors (Lipinski definition) is 1. The number of benzene rings is 1. The van der Waals surface area contributed by atoms with Gasteiger partial charge in [0.2, 0.25) is 5.91 Å². The lowest BCUT2D eigenvalue weighted by molar-refractivity contribution is -0.118. The molecule has 0 saturated carbocycles. The van der Waals surface area contributed by atoms with Gasteiger partial charge in [0.25, 0.3) is 5.91 Å². The van der Waals surface area contributed by atoms with Crippen molar-refractivity contribution in [2.75, 3.05) is 25.9 Å². The molecule has 132 valence electrons. The highest BCUT2D eigenvalue weighted by molar-refractivity contribution is 7.92. The van der Waals surface area contributed by atoms with Crippen LogP contribution in [0.25, 0.3) is 0 Å². The van der Waals surface area contributed by atoms with E-state index in [9.17, 15) is 18.0 Å². The van der Waals surface area contributed by atoms with Crippen LogP contribution in [0.4, 0.5) is 0 Å². The minimum Gasteiger partial charge on any atom is -0.358 e. The van der Waals surface area contributed by atoms with Crippen LogP contribution in [-0.2, 0) is 14.6 Å². The Labute approximate surface area is 143 Å². The standard InChI is InChI=1S/C17H24N2O4S/c1-12-8-13(2)10-14(9-12)17(21)19-6-4-15(5-7-19)24(22,23)11-16(20)18-3/h8-10,15H,4-7,11H2,1-3H3,(H,18,20). The molecule has 6 nitrogen and oxygen atoms in total. The van der Waals surface area contributed by atoms with E-state index in [1.54, 1.807) is 4.90 Å². The van der Waals surface area contributed by atoms with E-state index in [-0.39, 0.29) is 5.91 Å². The number of aryl methyl sites for hydroxylation is 2. The summed E-state index contributed by atoms with van der Waals surface area (Å²) in [6, 6.07) is 5.71. The molecule has 1 heterocycles. The molecule has 0 spiro atoms. The van der Waals surface area contributed by atoms with E-state index in [2.05, 4.69) is 5.32 Å². The van der Waals surface area contributed by atoms with Gasteiger partial charge >= 0.3 is 0 Å². The number of likely N-dealkylation sites (tertiary alicyclic amines) is 1. The zero-order chi connectivity index (χ0) is 17.9. The highest BCUT2D eigenvalue weighted by atomic mass is 32.2. The molecular formula is C17H24N2O4S. The average molecular weight is 352 g/mol. The Bertz CT molecular complexity index is 715. The fourth-order valence-electron chi connectivity index (χ4n) is 3.07. The summed E-state index contributed by atoms with van der Waals surface area (Å²) >= 11 is 0. The van der Waals surface area contributed by atoms with Crippen molar-refractivity contribution >= 4 is 21.7 Å². The summed E-state index contributed by atoms with van der Waals surface area (Å²) in [5.74, 6) is -1.05. The Morgan fingerprint density at radius 1 is 1.12 bits per heavy atom. The summed E-state index contributed by atoms with van der Waals surface area (Å²) in [5, 5.41) is 1.78. The van der Waals surface area contributed by atoms with Crippen LogP contribution in [-0.4, -0.2) is 56.3 Å². The molecule has 1 fully saturated rings. The summed E-state index contributed by atoms with van der Waals surface area (Å²) in [7, 11) is -2.05. The smallest absolute Gasteiger partial charge is 0.253 e. The van der Waals surface area contributed by atoms with Crippen LogP contribution in [0, 0.1) is 13.8 Å². The number of hydrogen-bond acceptors (Lipinski definition) is 4. The van der Waals surface area contributed by atoms with Crippen molar-refractivity contribution in [1.29, 1.82) is 0 Å². The lowest BCUT2D eigenvalue weighted by Gasteiger charge is -2.31. The van der Waals surface area contributed by atoms with Crippen LogP contribution in [0.3, 0.4) is 0 Å². The summed E-state index contributed by atoms with van der Waals surface area (Å²) in [5.41, 5.74) is 2.70. The van der Waals surface area contributed by atoms with Crippen LogP contribution >= 0.6 is 0 Å². The van der Waals surface area contributed by atoms with Crippen molar-refractivity contribution in [1.82, 2.24) is 10.2 Å². The van der Waals surface area contributed by atoms with E-state index in [0.29, 0.717) is 31.5 Å². The van der Waals surface area contributed by atoms with Crippen molar-refractivity contribution < 1.29 is 18.0 Å². The monoisotopic (exact) mass is 352 g/mol. The lowest BCUT2D eigenvalue weighted by atomic mass is 10.0. The van der Waals surface area contributed by atoms with Gasteiger partial charge in [-0.15, -0.1) is 0 Å². The third-order valence-corrected chi connectivity index (χ3v) is 6.47. The Balaban J connectivity index is 2.02. The number of nitrogens with zero attached hydrogens (tertiary/aromatic N) is 1. The number of rotatable bonds is 4. The van der Waals surface area contributed by atoms with Crippen molar-refractivity contribution in [3.8, 4) is 0 Å². The second kappa shape index (κ2) is 7.34. The molecule has 0 bridgehead atoms. The predicted molar refractivity (Wildman–Crippen MR) is 92.7 cm³/mol. The number of carbonyl (C=O) groups is 2. The first-order chi connectivity index (χ1) is 11.2. The van der Waals surface area contributed by atoms with Gasteiger partial charge in [0.05, 0.1) is 5.25 Å². The molecule has 2 amide bonds. The summed E-state index contributed by atoms with van der Waals surface area (Å²) in [4.78, 5) is 25.6. The van der Waals surface area contributed by atoms with E-state index in [1.165, 1.54) is 7.05 Å². The van der Waals surface area contributed by atoms with Crippen LogP contribution in [0.15, 0.2) is 18.2 Å². The Kier molecular flexibility index (Phi) is 5.64. The third kappa shape index (κ3) is 4.35. The maximum atomic E-state index is 12.6. The van der Waals surface area contributed by atoms with Gasteiger partial charge < -0.3 is 10.2 Å². The number of amides is 2. The number of nitrogens with one attached hydrogen (secondary N) is 1. The first-order valence-corrected chi connectivity index (χ1v) is 9.74. The summed E-state index contributed by atoms with van der Waals surface area (Å²) in [6.07, 6.45) is 0.742. The second-order valence-electron chi connectivity index (χ2n) is 6.35. The zero-order valence-corrected chi connectivity index (χ0v) is 15.1. The highest BCUT2D eigenvalue weighted by Gasteiger charge is 2.33. The molecule has 1 saturated heterocycles. The predicted octanol–water partition coefficient (Wildman–Crippen LogP) is 1.07. The second-order valence-corrected chi connectivity index (χ2v) is 8.63. The zero-order valence-electron chi connectivity index (χ0n) is 14.3. The number of piperidine rings is 1. The molecule has 1 aliphatic rings. The topological polar surface area (TPSA) is 83.6 Å². The maximum absolute atomic E-state index is 12.6. The molecule has 24 heavy (non-hydrogen) atoms. The molecule has 0 radical (unpaired) electrons. The Morgan fingerprint density at radius 2 is 1.67 bits per heavy atom. The highest BCUT2D eigenvalue weighted by Crippen LogP contribution is 2.21. The largest absolute Gasteiger partial charge is 0.358 e. The molecule has 0 aromatic heterocycles. The summed E-state index contributed by atoms with van der Waals surface area (Å²) < 4.78 is 24.5. The van der Waals surface area contributed by atoms with E-state index in [1.807, 2.05) is 32.0 Å². The molecule has 7 heteroatoms. The van der Waals surface area contributed by atoms with E-state index in [4.69, 9.17) is 0 Å². The minimum absolute atomic E-state index is 0.0658. The SMILES string of the molecule is CNC(=O)CS(=O)(=O)C1CCN(C(=O)c2cc(C)cc(C)c2)CC1. The van der Waals surface area contributed by atoms with Gasteiger partial charge in [-0.05, 0) is 38.8 Å². The number of sulfone groups is 1. The van der Waals surface area contributed by atoms with Gasteiger partial charge in [-0.1, -0.05) is 17.2 Å². The third-order valence-electron chi connectivity index (χ3n) is 4.32. The van der Waals surface area contributed by atoms with Crippen molar-refractivity contribution in [2.45, 2.75) is 31.9 Å². The molecule has 0 aliphatic carbocycles. The van der Waals surface area contributed by atoms with Gasteiger partial charge in [0.15, 0.2) is 9.84 Å². The van der Waals surface area contributed by atoms with Crippen molar-refractivity contribution in [2.24, 2.45) is 0 Å². The molecule has 1 aromatic rings. The normalized spacial score (nSPS) is 16.0. The van der Waals surface area contributed by atoms with Crippen LogP contribution in [0.1, 0.15) is 34.3 Å². The van der Waals surface area contributed by atoms with Gasteiger partial charge in [-0.25, -0.2) is 8.42 Å². The first kappa shape index (κ1) is 18.4. The van der Waals surface area contributed by atoms with Gasteiger partial charge in [-0.3, -0.25) is 9.59 Å². The van der Waals surface area contributed by atoms with Crippen LogP contribution in [0.2, 0.25) is 0 Å². The fraction of sp³-hybridized carbons (Fsp3) is 0.529. The van der Waals surface area contributed by atoms with E-state index in [0.717, 1.165) is 11.1 Å². The van der Waals surface area contributed by atoms with E-state index >= 15 is 0 Å². The van der Waals surface area contributed by atoms with Crippen molar-refractivity contribution in [3.63, 3.8) is 0 Å². The van der Waals surface area contributed by atoms with Gasteiger partial charge in [0.1, 0.15) is 5.75 Å². The molecular weight excluding hydrogens is 328 g/mol. The summed E-state index contributed by atoms with van der Waals surface area (Å²) in [6.45, 7) is 4.68. The molecule has 1 aliphatic heterocycles. The Morgan fingerprint density at radius 3 is 2.17 bits per heavy atom. The van der Waals surface area contributed by atoms with Crippen LogP contribution in [0.5, 0.6) is 0 Å². The number of carbonyl (C=O) groups excluding carboxylic acids is 2. The molecule has 0 atom stereocenters. The van der Waals surface area contributed by atoms with Gasteiger partial charge in [0, 0.05) is 25.7 Å². The maximum Gasteiger partial charge on any atom is 0.253 e. The average Bonchev–Trinajstić information content (AvgIpc) is 2.53. The lowest BCUT2D eigenvalue weighted by Crippen LogP contribution is -2.44. The van der Waals surface area contributed by atoms with Gasteiger partial charge in [-0.2, -0.15) is 0 Å². The van der Waals surface area contributed by atoms with Crippen molar-refractivity contribution in [3.05, 3.63) is 34.9 Å². The quantitative estimate of drug-likeness (QED) is 0.878. The molecule has 1 aromatic carbocycles. The van der Waals surface area contributed by atoms with Crippen LogP contribution < -0.4 is 5.32 Å². The molecule has 2 rings (SSSR count). The fourth-order valence-corrected chi connectivity index (χ4v) is 4.75. The Hall–Kier alpha value is -1.89. The molecule has 0 unspecified atom stereocenters. The molecule has 1 N–H and O–H groups in total. The first-order valence-electron chi connectivity index (χ1n) is 8.02. The minimum atomic E-state index is -3.47. The van der Waals surface area contributed by atoms with E-state index < -0.39 is 26.7 Å².